The Morgan fingerprint density at radius 3 is 2.76 bits per heavy atom. The van der Waals surface area contributed by atoms with Crippen molar-refractivity contribution in [2.24, 2.45) is 5.92 Å². The number of unbranched alkanes of at least 4 members (excludes halogenated alkanes) is 1. The van der Waals surface area contributed by atoms with E-state index >= 15 is 0 Å². The van der Waals surface area contributed by atoms with Gasteiger partial charge in [-0.25, -0.2) is 9.78 Å². The number of aromatic amines is 1. The quantitative estimate of drug-likeness (QED) is 0.371. The summed E-state index contributed by atoms with van der Waals surface area (Å²) in [5.41, 5.74) is 2.87. The largest absolute Gasteiger partial charge is 0.493 e. The van der Waals surface area contributed by atoms with Crippen LogP contribution >= 0.6 is 0 Å². The first-order valence-corrected chi connectivity index (χ1v) is 12.0. The van der Waals surface area contributed by atoms with Crippen molar-refractivity contribution in [3.05, 3.63) is 53.2 Å². The lowest BCUT2D eigenvalue weighted by Gasteiger charge is -2.29. The van der Waals surface area contributed by atoms with Gasteiger partial charge in [-0.15, -0.1) is 0 Å². The Balaban J connectivity index is 1.39. The van der Waals surface area contributed by atoms with Crippen molar-refractivity contribution in [2.75, 3.05) is 13.7 Å². The molecule has 33 heavy (non-hydrogen) atoms. The van der Waals surface area contributed by atoms with Crippen LogP contribution in [0.4, 0.5) is 0 Å². The molecule has 0 spiro atoms. The van der Waals surface area contributed by atoms with E-state index in [2.05, 4.69) is 21.5 Å². The SMILES string of the molecule is COc1ccccc1OCCCCn1c(=O)n([C@H]2CCCC[C@H]2C)c2c3cc[nH]c3ncc21. The Bertz CT molecular complexity index is 1300. The van der Waals surface area contributed by atoms with E-state index in [4.69, 9.17) is 9.47 Å². The molecule has 0 saturated heterocycles. The number of nitrogens with zero attached hydrogens (tertiary/aromatic N) is 3. The zero-order chi connectivity index (χ0) is 22.8. The van der Waals surface area contributed by atoms with E-state index in [-0.39, 0.29) is 11.7 Å². The highest BCUT2D eigenvalue weighted by atomic mass is 16.5. The lowest BCUT2D eigenvalue weighted by Crippen LogP contribution is -2.32. The van der Waals surface area contributed by atoms with Crippen molar-refractivity contribution < 1.29 is 9.47 Å². The molecule has 0 amide bonds. The van der Waals surface area contributed by atoms with Gasteiger partial charge in [0.05, 0.1) is 30.9 Å². The van der Waals surface area contributed by atoms with Crippen LogP contribution < -0.4 is 15.2 Å². The summed E-state index contributed by atoms with van der Waals surface area (Å²) in [6, 6.07) is 9.95. The smallest absolute Gasteiger partial charge is 0.329 e. The molecular weight excluding hydrogens is 416 g/mol. The van der Waals surface area contributed by atoms with Crippen molar-refractivity contribution in [1.82, 2.24) is 19.1 Å². The molecule has 5 rings (SSSR count). The normalized spacial score (nSPS) is 18.7. The highest BCUT2D eigenvalue weighted by molar-refractivity contribution is 6.01. The third-order valence-corrected chi connectivity index (χ3v) is 7.01. The highest BCUT2D eigenvalue weighted by Crippen LogP contribution is 2.36. The summed E-state index contributed by atoms with van der Waals surface area (Å²) >= 11 is 0. The van der Waals surface area contributed by atoms with E-state index in [1.54, 1.807) is 7.11 Å². The van der Waals surface area contributed by atoms with E-state index in [0.29, 0.717) is 19.1 Å². The average molecular weight is 449 g/mol. The van der Waals surface area contributed by atoms with Crippen LogP contribution in [0.5, 0.6) is 11.5 Å². The molecule has 1 aromatic carbocycles. The molecule has 3 aromatic heterocycles. The number of methoxy groups -OCH3 is 1. The Hall–Kier alpha value is -3.22. The molecule has 0 radical (unpaired) electrons. The lowest BCUT2D eigenvalue weighted by atomic mass is 9.85. The van der Waals surface area contributed by atoms with Crippen LogP contribution in [0.15, 0.2) is 47.5 Å². The minimum atomic E-state index is 0.0879. The second-order valence-corrected chi connectivity index (χ2v) is 9.07. The van der Waals surface area contributed by atoms with Crippen LogP contribution in [0.2, 0.25) is 0 Å². The number of aryl methyl sites for hydroxylation is 1. The molecule has 2 atom stereocenters. The number of benzene rings is 1. The van der Waals surface area contributed by atoms with Crippen LogP contribution in [0.3, 0.4) is 0 Å². The summed E-state index contributed by atoms with van der Waals surface area (Å²) in [6.45, 7) is 3.51. The molecule has 1 aliphatic rings. The number of rotatable bonds is 8. The van der Waals surface area contributed by atoms with Crippen LogP contribution in [-0.2, 0) is 6.54 Å². The Morgan fingerprint density at radius 2 is 1.94 bits per heavy atom. The summed E-state index contributed by atoms with van der Waals surface area (Å²) in [7, 11) is 1.65. The molecule has 7 heteroatoms. The Labute approximate surface area is 193 Å². The minimum Gasteiger partial charge on any atom is -0.493 e. The molecule has 1 aliphatic carbocycles. The topological polar surface area (TPSA) is 74.1 Å². The molecule has 4 aromatic rings. The summed E-state index contributed by atoms with van der Waals surface area (Å²) in [4.78, 5) is 21.5. The number of aromatic nitrogens is 4. The fourth-order valence-electron chi connectivity index (χ4n) is 5.26. The molecule has 1 saturated carbocycles. The molecular formula is C26H32N4O3. The minimum absolute atomic E-state index is 0.0879. The third-order valence-electron chi connectivity index (χ3n) is 7.01. The Kier molecular flexibility index (Phi) is 6.11. The van der Waals surface area contributed by atoms with Crippen LogP contribution in [-0.4, -0.2) is 32.8 Å². The molecule has 1 fully saturated rings. The van der Waals surface area contributed by atoms with Gasteiger partial charge in [0, 0.05) is 24.2 Å². The summed E-state index contributed by atoms with van der Waals surface area (Å²) in [6.07, 6.45) is 10.1. The number of ether oxygens (including phenoxy) is 2. The summed E-state index contributed by atoms with van der Waals surface area (Å²) in [5.74, 6) is 1.98. The number of hydrogen-bond acceptors (Lipinski definition) is 4. The molecule has 1 N–H and O–H groups in total. The first-order chi connectivity index (χ1) is 16.2. The predicted molar refractivity (Wildman–Crippen MR) is 130 cm³/mol. The van der Waals surface area contributed by atoms with Crippen LogP contribution in [0.1, 0.15) is 51.5 Å². The fraction of sp³-hybridized carbons (Fsp3) is 0.462. The predicted octanol–water partition coefficient (Wildman–Crippen LogP) is 5.30. The molecule has 174 valence electrons. The number of nitrogens with one attached hydrogen (secondary N) is 1. The Morgan fingerprint density at radius 1 is 1.12 bits per heavy atom. The number of fused-ring (bicyclic) bond motifs is 3. The van der Waals surface area contributed by atoms with E-state index < -0.39 is 0 Å². The van der Waals surface area contributed by atoms with E-state index in [9.17, 15) is 4.79 Å². The number of H-pyrrole nitrogens is 1. The zero-order valence-electron chi connectivity index (χ0n) is 19.4. The van der Waals surface area contributed by atoms with Gasteiger partial charge in [0.15, 0.2) is 11.5 Å². The van der Waals surface area contributed by atoms with Gasteiger partial charge in [-0.1, -0.05) is 31.9 Å². The van der Waals surface area contributed by atoms with Crippen LogP contribution in [0.25, 0.3) is 22.1 Å². The van der Waals surface area contributed by atoms with Gasteiger partial charge < -0.3 is 14.5 Å². The molecule has 0 aliphatic heterocycles. The van der Waals surface area contributed by atoms with Gasteiger partial charge >= 0.3 is 5.69 Å². The number of imidazole rings is 1. The van der Waals surface area contributed by atoms with E-state index in [1.165, 1.54) is 19.3 Å². The van der Waals surface area contributed by atoms with Crippen molar-refractivity contribution in [3.8, 4) is 11.5 Å². The van der Waals surface area contributed by atoms with Crippen molar-refractivity contribution in [2.45, 2.75) is 58.0 Å². The third kappa shape index (κ3) is 4.01. The van der Waals surface area contributed by atoms with Crippen molar-refractivity contribution in [1.29, 1.82) is 0 Å². The van der Waals surface area contributed by atoms with Gasteiger partial charge in [0.25, 0.3) is 0 Å². The summed E-state index contributed by atoms with van der Waals surface area (Å²) < 4.78 is 15.2. The second kappa shape index (κ2) is 9.33. The number of pyridine rings is 1. The number of hydrogen-bond donors (Lipinski definition) is 1. The average Bonchev–Trinajstić information content (AvgIpc) is 3.42. The fourth-order valence-corrected chi connectivity index (χ4v) is 5.26. The van der Waals surface area contributed by atoms with Gasteiger partial charge in [-0.3, -0.25) is 9.13 Å². The lowest BCUT2D eigenvalue weighted by molar-refractivity contribution is 0.255. The van der Waals surface area contributed by atoms with Gasteiger partial charge in [-0.2, -0.15) is 0 Å². The maximum atomic E-state index is 13.7. The summed E-state index contributed by atoms with van der Waals surface area (Å²) in [5, 5.41) is 1.03. The monoisotopic (exact) mass is 448 g/mol. The molecule has 0 bridgehead atoms. The van der Waals surface area contributed by atoms with Crippen molar-refractivity contribution in [3.63, 3.8) is 0 Å². The first-order valence-electron chi connectivity index (χ1n) is 12.0. The maximum absolute atomic E-state index is 13.7. The molecule has 0 unspecified atom stereocenters. The molecule has 7 nitrogen and oxygen atoms in total. The second-order valence-electron chi connectivity index (χ2n) is 9.07. The van der Waals surface area contributed by atoms with Gasteiger partial charge in [-0.05, 0) is 49.8 Å². The van der Waals surface area contributed by atoms with Crippen LogP contribution in [0, 0.1) is 5.92 Å². The van der Waals surface area contributed by atoms with Gasteiger partial charge in [0.2, 0.25) is 0 Å². The zero-order valence-corrected chi connectivity index (χ0v) is 19.4. The standard InChI is InChI=1S/C26H32N4O3/c1-18-9-3-4-10-20(18)30-24-19-13-14-27-25(19)28-17-21(24)29(26(30)31)15-7-8-16-33-23-12-6-5-11-22(23)32-2/h5-6,11-14,17-18,20H,3-4,7-10,15-16H2,1-2H3,(H,27,28)/t18-,20+/m1/s1. The highest BCUT2D eigenvalue weighted by Gasteiger charge is 2.28. The van der Waals surface area contributed by atoms with E-state index in [1.807, 2.05) is 47.3 Å². The van der Waals surface area contributed by atoms with E-state index in [0.717, 1.165) is 52.8 Å². The van der Waals surface area contributed by atoms with Gasteiger partial charge in [0.1, 0.15) is 5.65 Å². The maximum Gasteiger partial charge on any atom is 0.329 e. The first kappa shape index (κ1) is 21.6. The molecule has 3 heterocycles. The number of para-hydroxylation sites is 2. The van der Waals surface area contributed by atoms with Crippen molar-refractivity contribution >= 4 is 22.1 Å².